The van der Waals surface area contributed by atoms with Crippen LogP contribution in [0.1, 0.15) is 27.7 Å². The van der Waals surface area contributed by atoms with Crippen LogP contribution < -0.4 is 20.3 Å². The van der Waals surface area contributed by atoms with Crippen LogP contribution in [-0.4, -0.2) is 25.1 Å². The number of carbonyl (C=O) groups excluding carboxylic acids is 2. The molecule has 8 heteroatoms. The van der Waals surface area contributed by atoms with Gasteiger partial charge in [0.05, 0.1) is 11.1 Å². The van der Waals surface area contributed by atoms with Crippen LogP contribution in [-0.2, 0) is 4.79 Å². The zero-order valence-corrected chi connectivity index (χ0v) is 17.4. The Kier molecular flexibility index (Phi) is 5.96. The summed E-state index contributed by atoms with van der Waals surface area (Å²) in [6.45, 7) is 8.37. The average molecular weight is 417 g/mol. The standard InChI is InChI=1S/C22H25F2N3O3/c1-13(2)11-27-17-10-14(8-9-18(17)30-12-22(3,4)20(27)28)25-21(29)26-19-15(23)6-5-7-16(19)24/h5-10,13H,11-12H2,1-4H3,(H2,25,26,29). The van der Waals surface area contributed by atoms with Crippen molar-refractivity contribution in [3.05, 3.63) is 48.0 Å². The lowest BCUT2D eigenvalue weighted by Gasteiger charge is -2.29. The van der Waals surface area contributed by atoms with Crippen molar-refractivity contribution >= 4 is 29.0 Å². The highest BCUT2D eigenvalue weighted by atomic mass is 19.1. The maximum atomic E-state index is 13.8. The predicted octanol–water partition coefficient (Wildman–Crippen LogP) is 5.02. The highest BCUT2D eigenvalue weighted by Gasteiger charge is 2.38. The van der Waals surface area contributed by atoms with Crippen molar-refractivity contribution in [1.29, 1.82) is 0 Å². The first-order chi connectivity index (χ1) is 14.1. The van der Waals surface area contributed by atoms with Gasteiger partial charge in [0, 0.05) is 12.2 Å². The van der Waals surface area contributed by atoms with Gasteiger partial charge in [0.2, 0.25) is 5.91 Å². The summed E-state index contributed by atoms with van der Waals surface area (Å²) in [5, 5.41) is 4.72. The number of carbonyl (C=O) groups is 2. The highest BCUT2D eigenvalue weighted by Crippen LogP contribution is 2.38. The molecule has 160 valence electrons. The van der Waals surface area contributed by atoms with E-state index in [1.807, 2.05) is 27.7 Å². The molecule has 0 saturated carbocycles. The zero-order valence-electron chi connectivity index (χ0n) is 17.4. The topological polar surface area (TPSA) is 70.7 Å². The lowest BCUT2D eigenvalue weighted by atomic mass is 9.92. The number of nitrogens with one attached hydrogen (secondary N) is 2. The van der Waals surface area contributed by atoms with Crippen molar-refractivity contribution in [3.8, 4) is 5.75 Å². The summed E-state index contributed by atoms with van der Waals surface area (Å²) in [6, 6.07) is 7.39. The molecule has 0 fully saturated rings. The van der Waals surface area contributed by atoms with E-state index in [2.05, 4.69) is 10.6 Å². The third-order valence-electron chi connectivity index (χ3n) is 4.67. The molecule has 0 spiro atoms. The van der Waals surface area contributed by atoms with E-state index in [1.54, 1.807) is 23.1 Å². The fraction of sp³-hybridized carbons (Fsp3) is 0.364. The average Bonchev–Trinajstić information content (AvgIpc) is 2.75. The van der Waals surface area contributed by atoms with Gasteiger partial charge in [0.15, 0.2) is 0 Å². The number of amides is 3. The fourth-order valence-electron chi connectivity index (χ4n) is 3.16. The highest BCUT2D eigenvalue weighted by molar-refractivity contribution is 6.02. The molecule has 3 amide bonds. The third-order valence-corrected chi connectivity index (χ3v) is 4.67. The molecule has 0 unspecified atom stereocenters. The molecule has 2 aromatic rings. The Balaban J connectivity index is 1.87. The van der Waals surface area contributed by atoms with E-state index in [1.165, 1.54) is 6.07 Å². The Bertz CT molecular complexity index is 956. The van der Waals surface area contributed by atoms with E-state index in [0.717, 1.165) is 12.1 Å². The minimum atomic E-state index is -0.878. The molecule has 2 N–H and O–H groups in total. The first kappa shape index (κ1) is 21.5. The summed E-state index contributed by atoms with van der Waals surface area (Å²) in [7, 11) is 0. The minimum absolute atomic E-state index is 0.0787. The largest absolute Gasteiger partial charge is 0.490 e. The van der Waals surface area contributed by atoms with E-state index < -0.39 is 28.8 Å². The molecular weight excluding hydrogens is 392 g/mol. The Morgan fingerprint density at radius 1 is 1.17 bits per heavy atom. The number of ether oxygens (including phenoxy) is 1. The Morgan fingerprint density at radius 2 is 1.83 bits per heavy atom. The molecule has 0 aromatic heterocycles. The van der Waals surface area contributed by atoms with Crippen LogP contribution in [0.15, 0.2) is 36.4 Å². The lowest BCUT2D eigenvalue weighted by Crippen LogP contribution is -2.43. The van der Waals surface area contributed by atoms with Crippen LogP contribution in [0.3, 0.4) is 0 Å². The van der Waals surface area contributed by atoms with Gasteiger partial charge in [0.1, 0.15) is 29.7 Å². The van der Waals surface area contributed by atoms with Crippen LogP contribution in [0.5, 0.6) is 5.75 Å². The van der Waals surface area contributed by atoms with Crippen LogP contribution in [0, 0.1) is 23.0 Å². The molecule has 0 aliphatic carbocycles. The van der Waals surface area contributed by atoms with Crippen LogP contribution in [0.2, 0.25) is 0 Å². The van der Waals surface area contributed by atoms with Crippen molar-refractivity contribution in [2.45, 2.75) is 27.7 Å². The summed E-state index contributed by atoms with van der Waals surface area (Å²) in [5.41, 5.74) is -0.352. The van der Waals surface area contributed by atoms with Gasteiger partial charge in [0.25, 0.3) is 0 Å². The predicted molar refractivity (Wildman–Crippen MR) is 112 cm³/mol. The second-order valence-corrected chi connectivity index (χ2v) is 8.34. The maximum Gasteiger partial charge on any atom is 0.323 e. The number of anilines is 3. The Labute approximate surface area is 174 Å². The number of benzene rings is 2. The van der Waals surface area contributed by atoms with Crippen LogP contribution in [0.25, 0.3) is 0 Å². The zero-order chi connectivity index (χ0) is 22.1. The number of fused-ring (bicyclic) bond motifs is 1. The van der Waals surface area contributed by atoms with Gasteiger partial charge in [-0.05, 0) is 50.1 Å². The molecule has 0 saturated heterocycles. The van der Waals surface area contributed by atoms with Gasteiger partial charge < -0.3 is 20.3 Å². The third kappa shape index (κ3) is 4.53. The van der Waals surface area contributed by atoms with E-state index in [4.69, 9.17) is 4.74 Å². The number of rotatable bonds is 4. The molecule has 6 nitrogen and oxygen atoms in total. The number of hydrogen-bond acceptors (Lipinski definition) is 3. The van der Waals surface area contributed by atoms with E-state index in [-0.39, 0.29) is 18.4 Å². The summed E-state index contributed by atoms with van der Waals surface area (Å²) in [4.78, 5) is 27.0. The van der Waals surface area contributed by atoms with Crippen LogP contribution >= 0.6 is 0 Å². The molecule has 0 bridgehead atoms. The van der Waals surface area contributed by atoms with Gasteiger partial charge >= 0.3 is 6.03 Å². The number of para-hydroxylation sites is 1. The van der Waals surface area contributed by atoms with Crippen molar-refractivity contribution in [3.63, 3.8) is 0 Å². The van der Waals surface area contributed by atoms with E-state index >= 15 is 0 Å². The number of hydrogen-bond donors (Lipinski definition) is 2. The molecule has 1 aliphatic rings. The van der Waals surface area contributed by atoms with Crippen molar-refractivity contribution < 1.29 is 23.1 Å². The summed E-state index contributed by atoms with van der Waals surface area (Å²) in [5.74, 6) is -1.10. The van der Waals surface area contributed by atoms with E-state index in [0.29, 0.717) is 23.7 Å². The van der Waals surface area contributed by atoms with Gasteiger partial charge in [-0.3, -0.25) is 4.79 Å². The Morgan fingerprint density at radius 3 is 2.47 bits per heavy atom. The Hall–Kier alpha value is -3.16. The maximum absolute atomic E-state index is 13.8. The summed E-state index contributed by atoms with van der Waals surface area (Å²) < 4.78 is 33.4. The smallest absolute Gasteiger partial charge is 0.323 e. The van der Waals surface area contributed by atoms with E-state index in [9.17, 15) is 18.4 Å². The lowest BCUT2D eigenvalue weighted by molar-refractivity contribution is -0.127. The molecular formula is C22H25F2N3O3. The molecule has 3 rings (SSSR count). The molecule has 2 aromatic carbocycles. The second kappa shape index (κ2) is 8.30. The van der Waals surface area contributed by atoms with Crippen LogP contribution in [0.4, 0.5) is 30.6 Å². The summed E-state index contributed by atoms with van der Waals surface area (Å²) >= 11 is 0. The van der Waals surface area contributed by atoms with Crippen molar-refractivity contribution in [1.82, 2.24) is 0 Å². The second-order valence-electron chi connectivity index (χ2n) is 8.34. The van der Waals surface area contributed by atoms with Crippen molar-refractivity contribution in [2.75, 3.05) is 28.7 Å². The first-order valence-electron chi connectivity index (χ1n) is 9.69. The molecule has 1 aliphatic heterocycles. The monoisotopic (exact) mass is 417 g/mol. The van der Waals surface area contributed by atoms with Crippen molar-refractivity contribution in [2.24, 2.45) is 11.3 Å². The molecule has 0 radical (unpaired) electrons. The quantitative estimate of drug-likeness (QED) is 0.734. The molecule has 0 atom stereocenters. The fourth-order valence-corrected chi connectivity index (χ4v) is 3.16. The number of urea groups is 1. The first-order valence-corrected chi connectivity index (χ1v) is 9.69. The summed E-state index contributed by atoms with van der Waals surface area (Å²) in [6.07, 6.45) is 0. The van der Waals surface area contributed by atoms with Gasteiger partial charge in [-0.25, -0.2) is 13.6 Å². The van der Waals surface area contributed by atoms with Gasteiger partial charge in [-0.1, -0.05) is 19.9 Å². The van der Waals surface area contributed by atoms with Gasteiger partial charge in [-0.15, -0.1) is 0 Å². The molecule has 1 heterocycles. The number of halogens is 2. The molecule has 30 heavy (non-hydrogen) atoms. The SMILES string of the molecule is CC(C)CN1C(=O)C(C)(C)COc2ccc(NC(=O)Nc3c(F)cccc3F)cc21. The van der Waals surface area contributed by atoms with Gasteiger partial charge in [-0.2, -0.15) is 0 Å². The normalized spacial score (nSPS) is 15.3. The minimum Gasteiger partial charge on any atom is -0.490 e. The number of nitrogens with zero attached hydrogens (tertiary/aromatic N) is 1.